The number of unbranched alkanes of at least 4 members (excludes halogenated alkanes) is 1. The number of hydrogen-bond donors (Lipinski definition) is 0. The van der Waals surface area contributed by atoms with E-state index in [1.54, 1.807) is 0 Å². The number of halogens is 1. The Morgan fingerprint density at radius 2 is 2.15 bits per heavy atom. The van der Waals surface area contributed by atoms with Gasteiger partial charge in [-0.15, -0.1) is 11.3 Å². The Kier molecular flexibility index (Phi) is 4.47. The maximum atomic E-state index is 3.76. The molecule has 0 fully saturated rings. The predicted octanol–water partition coefficient (Wildman–Crippen LogP) is 4.99. The van der Waals surface area contributed by atoms with Crippen molar-refractivity contribution >= 4 is 27.3 Å². The van der Waals surface area contributed by atoms with Gasteiger partial charge in [0.15, 0.2) is 0 Å². The standard InChI is InChI=1S/C11H17BrS/c1-4-5-6-10(12)11-8(2)7-9(3)13-11/h7,10H,4-6H2,1-3H3. The van der Waals surface area contributed by atoms with Gasteiger partial charge in [0.25, 0.3) is 0 Å². The van der Waals surface area contributed by atoms with Crippen LogP contribution >= 0.6 is 27.3 Å². The lowest BCUT2D eigenvalue weighted by molar-refractivity contribution is 0.717. The van der Waals surface area contributed by atoms with Crippen LogP contribution in [0.15, 0.2) is 6.07 Å². The molecule has 0 aliphatic carbocycles. The van der Waals surface area contributed by atoms with Gasteiger partial charge in [0.1, 0.15) is 0 Å². The second kappa shape index (κ2) is 5.16. The molecule has 0 saturated heterocycles. The van der Waals surface area contributed by atoms with Crippen molar-refractivity contribution in [3.63, 3.8) is 0 Å². The molecule has 2 heteroatoms. The second-order valence-electron chi connectivity index (χ2n) is 3.51. The molecule has 0 N–H and O–H groups in total. The molecule has 0 spiro atoms. The Bertz CT molecular complexity index is 265. The Morgan fingerprint density at radius 1 is 1.46 bits per heavy atom. The van der Waals surface area contributed by atoms with Crippen LogP contribution in [0.25, 0.3) is 0 Å². The Morgan fingerprint density at radius 3 is 2.62 bits per heavy atom. The average molecular weight is 261 g/mol. The predicted molar refractivity (Wildman–Crippen MR) is 65.0 cm³/mol. The van der Waals surface area contributed by atoms with Crippen LogP contribution in [0.4, 0.5) is 0 Å². The van der Waals surface area contributed by atoms with E-state index in [9.17, 15) is 0 Å². The molecule has 0 radical (unpaired) electrons. The molecule has 0 aromatic carbocycles. The van der Waals surface area contributed by atoms with Crippen molar-refractivity contribution in [2.75, 3.05) is 0 Å². The van der Waals surface area contributed by atoms with Crippen LogP contribution in [0.5, 0.6) is 0 Å². The van der Waals surface area contributed by atoms with E-state index >= 15 is 0 Å². The van der Waals surface area contributed by atoms with Crippen molar-refractivity contribution < 1.29 is 0 Å². The number of aryl methyl sites for hydroxylation is 2. The van der Waals surface area contributed by atoms with Crippen molar-refractivity contribution in [1.29, 1.82) is 0 Å². The molecular weight excluding hydrogens is 244 g/mol. The van der Waals surface area contributed by atoms with Crippen molar-refractivity contribution in [2.24, 2.45) is 0 Å². The van der Waals surface area contributed by atoms with Crippen molar-refractivity contribution in [2.45, 2.75) is 44.9 Å². The summed E-state index contributed by atoms with van der Waals surface area (Å²) in [5.41, 5.74) is 1.44. The van der Waals surface area contributed by atoms with E-state index in [4.69, 9.17) is 0 Å². The zero-order chi connectivity index (χ0) is 9.84. The van der Waals surface area contributed by atoms with Gasteiger partial charge in [0.05, 0.1) is 0 Å². The maximum Gasteiger partial charge on any atom is 0.0491 e. The largest absolute Gasteiger partial charge is 0.144 e. The monoisotopic (exact) mass is 260 g/mol. The van der Waals surface area contributed by atoms with Gasteiger partial charge in [-0.1, -0.05) is 35.7 Å². The zero-order valence-corrected chi connectivity index (χ0v) is 11.0. The summed E-state index contributed by atoms with van der Waals surface area (Å²) >= 11 is 5.69. The average Bonchev–Trinajstić information content (AvgIpc) is 2.41. The van der Waals surface area contributed by atoms with Crippen molar-refractivity contribution in [3.8, 4) is 0 Å². The molecule has 0 bridgehead atoms. The highest BCUT2D eigenvalue weighted by Gasteiger charge is 2.12. The number of rotatable bonds is 4. The number of alkyl halides is 1. The third-order valence-corrected chi connectivity index (χ3v) is 4.66. The van der Waals surface area contributed by atoms with Crippen LogP contribution < -0.4 is 0 Å². The van der Waals surface area contributed by atoms with Crippen LogP contribution in [-0.2, 0) is 0 Å². The highest BCUT2D eigenvalue weighted by molar-refractivity contribution is 9.09. The minimum atomic E-state index is 0.575. The molecule has 13 heavy (non-hydrogen) atoms. The van der Waals surface area contributed by atoms with Gasteiger partial charge in [-0.2, -0.15) is 0 Å². The molecule has 1 unspecified atom stereocenters. The molecule has 0 saturated carbocycles. The van der Waals surface area contributed by atoms with Gasteiger partial charge in [-0.3, -0.25) is 0 Å². The lowest BCUT2D eigenvalue weighted by atomic mass is 10.1. The molecule has 1 atom stereocenters. The minimum Gasteiger partial charge on any atom is -0.144 e. The van der Waals surface area contributed by atoms with Gasteiger partial charge in [0.2, 0.25) is 0 Å². The van der Waals surface area contributed by atoms with Gasteiger partial charge < -0.3 is 0 Å². The van der Waals surface area contributed by atoms with E-state index in [1.165, 1.54) is 34.6 Å². The molecule has 0 aliphatic heterocycles. The minimum absolute atomic E-state index is 0.575. The van der Waals surface area contributed by atoms with E-state index in [0.29, 0.717) is 4.83 Å². The summed E-state index contributed by atoms with van der Waals surface area (Å²) in [7, 11) is 0. The van der Waals surface area contributed by atoms with Crippen molar-refractivity contribution in [3.05, 3.63) is 21.4 Å². The molecular formula is C11H17BrS. The molecule has 0 amide bonds. The molecule has 0 nitrogen and oxygen atoms in total. The fourth-order valence-electron chi connectivity index (χ4n) is 1.48. The van der Waals surface area contributed by atoms with Gasteiger partial charge >= 0.3 is 0 Å². The van der Waals surface area contributed by atoms with E-state index in [-0.39, 0.29) is 0 Å². The third-order valence-electron chi connectivity index (χ3n) is 2.17. The van der Waals surface area contributed by atoms with Crippen LogP contribution in [-0.4, -0.2) is 0 Å². The molecule has 0 aliphatic rings. The van der Waals surface area contributed by atoms with Crippen molar-refractivity contribution in [1.82, 2.24) is 0 Å². The summed E-state index contributed by atoms with van der Waals surface area (Å²) in [6, 6.07) is 2.28. The van der Waals surface area contributed by atoms with Gasteiger partial charge in [-0.05, 0) is 31.9 Å². The number of hydrogen-bond acceptors (Lipinski definition) is 1. The molecule has 1 rings (SSSR count). The SMILES string of the molecule is CCCCC(Br)c1sc(C)cc1C. The fourth-order valence-corrected chi connectivity index (χ4v) is 3.50. The highest BCUT2D eigenvalue weighted by Crippen LogP contribution is 2.36. The lowest BCUT2D eigenvalue weighted by Gasteiger charge is -2.07. The zero-order valence-electron chi connectivity index (χ0n) is 8.56. The first kappa shape index (κ1) is 11.3. The fraction of sp³-hybridized carbons (Fsp3) is 0.636. The molecule has 1 heterocycles. The van der Waals surface area contributed by atoms with Gasteiger partial charge in [-0.25, -0.2) is 0 Å². The summed E-state index contributed by atoms with van der Waals surface area (Å²) in [6.07, 6.45) is 3.86. The van der Waals surface area contributed by atoms with Gasteiger partial charge in [0, 0.05) is 14.6 Å². The topological polar surface area (TPSA) is 0 Å². The Hall–Kier alpha value is 0.180. The maximum absolute atomic E-state index is 3.76. The third kappa shape index (κ3) is 3.10. The smallest absolute Gasteiger partial charge is 0.0491 e. The highest BCUT2D eigenvalue weighted by atomic mass is 79.9. The van der Waals surface area contributed by atoms with E-state index in [2.05, 4.69) is 42.8 Å². The summed E-state index contributed by atoms with van der Waals surface area (Å²) in [6.45, 7) is 6.63. The summed E-state index contributed by atoms with van der Waals surface area (Å²) in [4.78, 5) is 3.52. The first-order valence-electron chi connectivity index (χ1n) is 4.86. The molecule has 1 aromatic rings. The summed E-state index contributed by atoms with van der Waals surface area (Å²) in [5.74, 6) is 0. The normalized spacial score (nSPS) is 13.2. The molecule has 74 valence electrons. The van der Waals surface area contributed by atoms with Crippen LogP contribution in [0.3, 0.4) is 0 Å². The van der Waals surface area contributed by atoms with E-state index < -0.39 is 0 Å². The number of thiophene rings is 1. The van der Waals surface area contributed by atoms with Crippen LogP contribution in [0.2, 0.25) is 0 Å². The van der Waals surface area contributed by atoms with E-state index in [0.717, 1.165) is 0 Å². The first-order valence-corrected chi connectivity index (χ1v) is 6.59. The summed E-state index contributed by atoms with van der Waals surface area (Å²) < 4.78 is 0. The first-order chi connectivity index (χ1) is 6.15. The quantitative estimate of drug-likeness (QED) is 0.670. The molecule has 1 aromatic heterocycles. The van der Waals surface area contributed by atoms with E-state index in [1.807, 2.05) is 11.3 Å². The van der Waals surface area contributed by atoms with Crippen LogP contribution in [0.1, 0.15) is 46.3 Å². The Labute approximate surface area is 93.5 Å². The lowest BCUT2D eigenvalue weighted by Crippen LogP contribution is -1.87. The second-order valence-corrected chi connectivity index (χ2v) is 5.91. The van der Waals surface area contributed by atoms with Crippen LogP contribution in [0, 0.1) is 13.8 Å². The Balaban J connectivity index is 2.64. The summed E-state index contributed by atoms with van der Waals surface area (Å²) in [5, 5.41) is 0.